The van der Waals surface area contributed by atoms with Crippen LogP contribution in [0.1, 0.15) is 20.7 Å². The average molecular weight is 825 g/mol. The fraction of sp³-hybridized carbons (Fsp3) is 0. The number of nitrogens with one attached hydrogen (secondary N) is 2. The third kappa shape index (κ3) is 12.3. The van der Waals surface area contributed by atoms with Crippen molar-refractivity contribution in [3.05, 3.63) is 96.1 Å². The monoisotopic (exact) mass is 824 g/mol. The number of benzene rings is 5. The molecule has 0 saturated heterocycles. The first-order valence-corrected chi connectivity index (χ1v) is 17.8. The molecule has 250 valence electrons. The molecule has 0 aromatic heterocycles. The van der Waals surface area contributed by atoms with E-state index in [9.17, 15) is 53.8 Å². The quantitative estimate of drug-likeness (QED) is 0.0435. The molecule has 0 aliphatic rings. The summed E-state index contributed by atoms with van der Waals surface area (Å²) in [5, 5.41) is 18.4. The number of anilines is 2. The van der Waals surface area contributed by atoms with Crippen LogP contribution in [0.3, 0.4) is 0 Å². The standard InChI is InChI=1S/C28H20N2O14S4.4Na/c31-27(29-19-7-5-17-9-21(45-44-43-33)13-25(23(17)11-19)47(37,38)39)15-1-3-16(4-2-15)28(32)30-20-8-6-18-10-22(46(34,35)36)14-26(24(18)12-20)48(40,41)42;;;;/h1-14,33H,(H,29,31)(H,30,32)(H,34,35,36)(H,37,38,39)(H,40,41,42);;;;/q;4*+1/p-4. The van der Waals surface area contributed by atoms with Crippen LogP contribution in [0.25, 0.3) is 21.5 Å². The Balaban J connectivity index is 0.00000338. The minimum atomic E-state index is -5.23. The molecular weight excluding hydrogens is 809 g/mol. The zero-order valence-electron chi connectivity index (χ0n) is 27.4. The molecule has 16 nitrogen and oxygen atoms in total. The molecule has 2 amide bonds. The van der Waals surface area contributed by atoms with Gasteiger partial charge in [-0.25, -0.2) is 25.3 Å². The van der Waals surface area contributed by atoms with Gasteiger partial charge in [0.2, 0.25) is 0 Å². The van der Waals surface area contributed by atoms with Crippen LogP contribution in [0.5, 0.6) is 0 Å². The Kier molecular flexibility index (Phi) is 19.1. The minimum Gasteiger partial charge on any atom is -0.744 e. The van der Waals surface area contributed by atoms with Crippen LogP contribution >= 0.6 is 12.0 Å². The fourth-order valence-electron chi connectivity index (χ4n) is 4.59. The number of hydrogen-bond donors (Lipinski definition) is 2. The summed E-state index contributed by atoms with van der Waals surface area (Å²) in [4.78, 5) is 23.4. The fourth-order valence-corrected chi connectivity index (χ4v) is 7.15. The molecule has 0 radical (unpaired) electrons. The zero-order valence-corrected chi connectivity index (χ0v) is 38.7. The maximum absolute atomic E-state index is 12.9. The van der Waals surface area contributed by atoms with Crippen molar-refractivity contribution in [3.8, 4) is 0 Å². The number of rotatable bonds is 10. The number of fused-ring (bicyclic) bond motifs is 2. The van der Waals surface area contributed by atoms with Gasteiger partial charge in [-0.15, -0.1) is 0 Å². The molecule has 0 bridgehead atoms. The second-order valence-corrected chi connectivity index (χ2v) is 14.6. The van der Waals surface area contributed by atoms with Gasteiger partial charge in [0.25, 0.3) is 11.8 Å². The molecular formula is C28H16N2Na4O14S4. The van der Waals surface area contributed by atoms with Crippen molar-refractivity contribution in [2.24, 2.45) is 0 Å². The Hall–Kier alpha value is -0.480. The molecule has 0 aliphatic heterocycles. The topological polar surface area (TPSA) is 271 Å². The molecule has 2 N–H and O–H groups in total. The molecule has 52 heavy (non-hydrogen) atoms. The maximum atomic E-state index is 12.9. The predicted octanol–water partition coefficient (Wildman–Crippen LogP) is -9.54. The third-order valence-corrected chi connectivity index (χ3v) is 9.81. The molecule has 0 aliphatic carbocycles. The van der Waals surface area contributed by atoms with Crippen LogP contribution in [0.2, 0.25) is 0 Å². The van der Waals surface area contributed by atoms with E-state index in [1.54, 1.807) is 0 Å². The van der Waals surface area contributed by atoms with Crippen LogP contribution in [-0.4, -0.2) is 50.7 Å². The van der Waals surface area contributed by atoms with E-state index in [2.05, 4.69) is 20.0 Å². The summed E-state index contributed by atoms with van der Waals surface area (Å²) in [5.74, 6) is -1.38. The van der Waals surface area contributed by atoms with E-state index >= 15 is 0 Å². The molecule has 0 fully saturated rings. The van der Waals surface area contributed by atoms with Crippen LogP contribution in [-0.2, 0) is 39.7 Å². The van der Waals surface area contributed by atoms with E-state index in [0.717, 1.165) is 18.2 Å². The minimum absolute atomic E-state index is 0. The Morgan fingerprint density at radius 1 is 0.558 bits per heavy atom. The summed E-state index contributed by atoms with van der Waals surface area (Å²) < 4.78 is 110. The first-order chi connectivity index (χ1) is 22.4. The molecule has 0 unspecified atom stereocenters. The number of carbonyl (C=O) groups excluding carboxylic acids is 2. The Labute approximate surface area is 389 Å². The Morgan fingerprint density at radius 3 is 1.38 bits per heavy atom. The van der Waals surface area contributed by atoms with E-state index in [1.165, 1.54) is 60.7 Å². The Morgan fingerprint density at radius 2 is 0.981 bits per heavy atom. The average Bonchev–Trinajstić information content (AvgIpc) is 3.01. The van der Waals surface area contributed by atoms with Crippen LogP contribution in [0.15, 0.2) is 105 Å². The summed E-state index contributed by atoms with van der Waals surface area (Å²) >= 11 is 0.386. The van der Waals surface area contributed by atoms with E-state index in [1.807, 2.05) is 0 Å². The molecule has 0 saturated carbocycles. The van der Waals surface area contributed by atoms with Gasteiger partial charge >= 0.3 is 118 Å². The maximum Gasteiger partial charge on any atom is 1.00 e. The van der Waals surface area contributed by atoms with Crippen LogP contribution in [0, 0.1) is 0 Å². The van der Waals surface area contributed by atoms with Gasteiger partial charge in [0.05, 0.1) is 26.7 Å². The summed E-state index contributed by atoms with van der Waals surface area (Å²) in [6, 6.07) is 16.6. The number of carbonyl (C=O) groups is 2. The first kappa shape index (κ1) is 49.5. The largest absolute Gasteiger partial charge is 1.00 e. The molecule has 0 spiro atoms. The predicted molar refractivity (Wildman–Crippen MR) is 162 cm³/mol. The van der Waals surface area contributed by atoms with Crippen LogP contribution in [0.4, 0.5) is 11.4 Å². The van der Waals surface area contributed by atoms with Gasteiger partial charge in [0.15, 0.2) is 0 Å². The van der Waals surface area contributed by atoms with Gasteiger partial charge in [-0.1, -0.05) is 12.1 Å². The summed E-state index contributed by atoms with van der Waals surface area (Å²) in [7, 11) is -15.3. The van der Waals surface area contributed by atoms with E-state index in [-0.39, 0.29) is 167 Å². The van der Waals surface area contributed by atoms with Crippen molar-refractivity contribution in [2.45, 2.75) is 19.6 Å². The molecule has 5 aromatic rings. The first-order valence-electron chi connectivity index (χ1n) is 12.8. The van der Waals surface area contributed by atoms with Crippen molar-refractivity contribution in [1.29, 1.82) is 0 Å². The molecule has 0 heterocycles. The van der Waals surface area contributed by atoms with E-state index in [4.69, 9.17) is 0 Å². The van der Waals surface area contributed by atoms with Gasteiger partial charge in [0, 0.05) is 38.2 Å². The van der Waals surface area contributed by atoms with Crippen LogP contribution < -0.4 is 134 Å². The summed E-state index contributed by atoms with van der Waals surface area (Å²) in [6.45, 7) is 0. The van der Waals surface area contributed by atoms with Gasteiger partial charge in [0.1, 0.15) is 30.4 Å². The molecule has 0 atom stereocenters. The second-order valence-electron chi connectivity index (χ2n) is 9.78. The summed E-state index contributed by atoms with van der Waals surface area (Å²) in [6.07, 6.45) is 0. The third-order valence-electron chi connectivity index (χ3n) is 6.69. The zero-order chi connectivity index (χ0) is 35.0. The Bertz CT molecular complexity index is 2470. The SMILES string of the molecule is O=C(Nc1ccc2cc(SOO[O-])cc(S(=O)(=O)[O-])c2c1)c1ccc(C(=O)Nc2ccc3cc(S(=O)(=O)[O-])cc(S(=O)(=O)[O-])c3c2)cc1.[Na+].[Na+].[Na+].[Na+]. The normalized spacial score (nSPS) is 11.3. The number of amides is 2. The van der Waals surface area contributed by atoms with Gasteiger partial charge in [-0.2, -0.15) is 4.33 Å². The van der Waals surface area contributed by atoms with Crippen molar-refractivity contribution >= 4 is 87.1 Å². The van der Waals surface area contributed by atoms with Gasteiger partial charge in [-0.05, 0) is 83.6 Å². The molecule has 24 heteroatoms. The van der Waals surface area contributed by atoms with Crippen molar-refractivity contribution in [2.75, 3.05) is 10.6 Å². The van der Waals surface area contributed by atoms with Gasteiger partial charge in [-0.3, -0.25) is 14.6 Å². The van der Waals surface area contributed by atoms with Gasteiger partial charge < -0.3 is 29.5 Å². The number of hydrogen-bond acceptors (Lipinski definition) is 15. The van der Waals surface area contributed by atoms with Crippen molar-refractivity contribution in [3.63, 3.8) is 0 Å². The molecule has 5 aromatic carbocycles. The van der Waals surface area contributed by atoms with Crippen molar-refractivity contribution in [1.82, 2.24) is 0 Å². The molecule has 5 rings (SSSR count). The summed E-state index contributed by atoms with van der Waals surface area (Å²) in [5.41, 5.74) is 0.260. The van der Waals surface area contributed by atoms with Crippen molar-refractivity contribution < 1.29 is 181 Å². The van der Waals surface area contributed by atoms with E-state index in [0.29, 0.717) is 18.1 Å². The van der Waals surface area contributed by atoms with E-state index < -0.39 is 56.9 Å². The smallest absolute Gasteiger partial charge is 0.744 e. The second kappa shape index (κ2) is 20.1.